The Morgan fingerprint density at radius 1 is 1.31 bits per heavy atom. The van der Waals surface area contributed by atoms with E-state index in [0.29, 0.717) is 0 Å². The van der Waals surface area contributed by atoms with Crippen LogP contribution in [-0.4, -0.2) is 17.3 Å². The van der Waals surface area contributed by atoms with Crippen molar-refractivity contribution in [3.05, 3.63) is 35.4 Å². The zero-order valence-electron chi connectivity index (χ0n) is 10.1. The Bertz CT molecular complexity index is 367. The lowest BCUT2D eigenvalue weighted by atomic mass is 9.84. The fourth-order valence-corrected chi connectivity index (χ4v) is 2.61. The lowest BCUT2D eigenvalue weighted by Gasteiger charge is -2.23. The predicted octanol–water partition coefficient (Wildman–Crippen LogP) is 1.99. The van der Waals surface area contributed by atoms with Gasteiger partial charge in [0.1, 0.15) is 0 Å². The lowest BCUT2D eigenvalue weighted by molar-refractivity contribution is 0.195. The second-order valence-electron chi connectivity index (χ2n) is 5.16. The summed E-state index contributed by atoms with van der Waals surface area (Å²) in [6, 6.07) is 8.60. The van der Waals surface area contributed by atoms with Gasteiger partial charge in [-0.25, -0.2) is 0 Å². The monoisotopic (exact) mass is 219 g/mol. The summed E-state index contributed by atoms with van der Waals surface area (Å²) < 4.78 is 0. The van der Waals surface area contributed by atoms with Gasteiger partial charge in [0.2, 0.25) is 0 Å². The van der Waals surface area contributed by atoms with E-state index in [-0.39, 0.29) is 17.6 Å². The highest BCUT2D eigenvalue weighted by Crippen LogP contribution is 2.51. The fourth-order valence-electron chi connectivity index (χ4n) is 2.61. The van der Waals surface area contributed by atoms with Gasteiger partial charge in [0, 0.05) is 11.5 Å². The van der Waals surface area contributed by atoms with Gasteiger partial charge in [-0.3, -0.25) is 0 Å². The van der Waals surface area contributed by atoms with Crippen LogP contribution in [0.2, 0.25) is 0 Å². The van der Waals surface area contributed by atoms with Crippen LogP contribution in [0.1, 0.15) is 37.8 Å². The molecule has 3 N–H and O–H groups in total. The molecule has 1 aliphatic carbocycles. The van der Waals surface area contributed by atoms with Crippen LogP contribution in [-0.2, 0) is 11.8 Å². The van der Waals surface area contributed by atoms with E-state index in [1.165, 1.54) is 24.0 Å². The van der Waals surface area contributed by atoms with E-state index in [1.54, 1.807) is 0 Å². The highest BCUT2D eigenvalue weighted by Gasteiger charge is 2.48. The van der Waals surface area contributed by atoms with Crippen LogP contribution in [0.4, 0.5) is 0 Å². The minimum Gasteiger partial charge on any atom is -0.393 e. The van der Waals surface area contributed by atoms with E-state index >= 15 is 0 Å². The van der Waals surface area contributed by atoms with Crippen molar-refractivity contribution in [1.29, 1.82) is 0 Å². The predicted molar refractivity (Wildman–Crippen MR) is 66.4 cm³/mol. The number of rotatable bonds is 4. The number of aliphatic hydroxyl groups excluding tert-OH is 1. The Labute approximate surface area is 97.5 Å². The number of hydrogen-bond donors (Lipinski definition) is 2. The molecular formula is C14H21NO. The summed E-state index contributed by atoms with van der Waals surface area (Å²) in [5.74, 6) is 0. The first-order valence-electron chi connectivity index (χ1n) is 6.08. The molecule has 0 heterocycles. The molecule has 1 saturated carbocycles. The molecule has 1 aromatic rings. The van der Waals surface area contributed by atoms with E-state index in [0.717, 1.165) is 6.42 Å². The summed E-state index contributed by atoms with van der Waals surface area (Å²) in [7, 11) is 0. The van der Waals surface area contributed by atoms with Gasteiger partial charge in [0.15, 0.2) is 0 Å². The number of nitrogens with two attached hydrogens (primary N) is 1. The van der Waals surface area contributed by atoms with Gasteiger partial charge in [0.25, 0.3) is 0 Å². The molecule has 0 aliphatic heterocycles. The van der Waals surface area contributed by atoms with E-state index in [9.17, 15) is 5.11 Å². The summed E-state index contributed by atoms with van der Waals surface area (Å²) >= 11 is 0. The molecule has 2 rings (SSSR count). The summed E-state index contributed by atoms with van der Waals surface area (Å²) in [5, 5.41) is 9.52. The minimum atomic E-state index is -0.287. The minimum absolute atomic E-state index is 0.186. The molecule has 0 radical (unpaired) electrons. The molecule has 0 spiro atoms. The Morgan fingerprint density at radius 2 is 1.94 bits per heavy atom. The van der Waals surface area contributed by atoms with Gasteiger partial charge in [-0.2, -0.15) is 0 Å². The number of benzene rings is 1. The highest BCUT2D eigenvalue weighted by molar-refractivity contribution is 5.40. The van der Waals surface area contributed by atoms with Gasteiger partial charge >= 0.3 is 0 Å². The first kappa shape index (κ1) is 11.6. The van der Waals surface area contributed by atoms with Crippen molar-refractivity contribution in [3.63, 3.8) is 0 Å². The van der Waals surface area contributed by atoms with Crippen molar-refractivity contribution < 1.29 is 5.11 Å². The molecule has 0 aromatic heterocycles. The first-order valence-corrected chi connectivity index (χ1v) is 6.08. The van der Waals surface area contributed by atoms with Gasteiger partial charge in [-0.1, -0.05) is 24.3 Å². The molecule has 88 valence electrons. The lowest BCUT2D eigenvalue weighted by Crippen LogP contribution is -2.32. The van der Waals surface area contributed by atoms with E-state index in [1.807, 2.05) is 13.0 Å². The van der Waals surface area contributed by atoms with Crippen LogP contribution in [0.25, 0.3) is 0 Å². The van der Waals surface area contributed by atoms with Crippen LogP contribution in [0.3, 0.4) is 0 Å². The number of hydrogen-bond acceptors (Lipinski definition) is 2. The Morgan fingerprint density at radius 3 is 2.44 bits per heavy atom. The van der Waals surface area contributed by atoms with Crippen molar-refractivity contribution in [2.75, 3.05) is 0 Å². The average molecular weight is 219 g/mol. The van der Waals surface area contributed by atoms with Crippen LogP contribution in [0.5, 0.6) is 0 Å². The maximum Gasteiger partial charge on any atom is 0.0552 e. The SMILES string of the molecule is CC(O)Cc1ccccc1C1(C(C)N)CC1. The molecule has 16 heavy (non-hydrogen) atoms. The third-order valence-electron chi connectivity index (χ3n) is 3.73. The summed E-state index contributed by atoms with van der Waals surface area (Å²) in [6.45, 7) is 3.92. The van der Waals surface area contributed by atoms with Crippen LogP contribution >= 0.6 is 0 Å². The quantitative estimate of drug-likeness (QED) is 0.813. The molecule has 2 unspecified atom stereocenters. The number of aliphatic hydroxyl groups is 1. The Kier molecular flexibility index (Phi) is 3.04. The zero-order chi connectivity index (χ0) is 11.8. The van der Waals surface area contributed by atoms with E-state index in [4.69, 9.17) is 5.73 Å². The van der Waals surface area contributed by atoms with E-state index < -0.39 is 0 Å². The van der Waals surface area contributed by atoms with Crippen molar-refractivity contribution in [2.24, 2.45) is 5.73 Å². The molecule has 0 saturated heterocycles. The van der Waals surface area contributed by atoms with Crippen LogP contribution in [0.15, 0.2) is 24.3 Å². The van der Waals surface area contributed by atoms with Crippen molar-refractivity contribution in [1.82, 2.24) is 0 Å². The van der Waals surface area contributed by atoms with Crippen molar-refractivity contribution >= 4 is 0 Å². The molecular weight excluding hydrogens is 198 g/mol. The first-order chi connectivity index (χ1) is 7.56. The summed E-state index contributed by atoms with van der Waals surface area (Å²) in [6.07, 6.45) is 2.80. The summed E-state index contributed by atoms with van der Waals surface area (Å²) in [5.41, 5.74) is 8.90. The highest BCUT2D eigenvalue weighted by atomic mass is 16.3. The molecule has 1 aliphatic rings. The Balaban J connectivity index is 2.33. The summed E-state index contributed by atoms with van der Waals surface area (Å²) in [4.78, 5) is 0. The molecule has 2 atom stereocenters. The average Bonchev–Trinajstić information content (AvgIpc) is 2.98. The smallest absolute Gasteiger partial charge is 0.0552 e. The molecule has 0 amide bonds. The molecule has 0 bridgehead atoms. The normalized spacial score (nSPS) is 21.5. The zero-order valence-corrected chi connectivity index (χ0v) is 10.1. The fraction of sp³-hybridized carbons (Fsp3) is 0.571. The molecule has 1 aromatic carbocycles. The third kappa shape index (κ3) is 2.00. The van der Waals surface area contributed by atoms with E-state index in [2.05, 4.69) is 25.1 Å². The standard InChI is InChI=1S/C14H21NO/c1-10(16)9-12-5-3-4-6-13(12)14(7-8-14)11(2)15/h3-6,10-11,16H,7-9,15H2,1-2H3. The van der Waals surface area contributed by atoms with Crippen LogP contribution in [0, 0.1) is 0 Å². The molecule has 2 nitrogen and oxygen atoms in total. The topological polar surface area (TPSA) is 46.2 Å². The van der Waals surface area contributed by atoms with Crippen LogP contribution < -0.4 is 5.73 Å². The van der Waals surface area contributed by atoms with Gasteiger partial charge in [-0.05, 0) is 44.2 Å². The maximum atomic E-state index is 9.52. The molecule has 1 fully saturated rings. The maximum absolute atomic E-state index is 9.52. The van der Waals surface area contributed by atoms with Crippen molar-refractivity contribution in [3.8, 4) is 0 Å². The Hall–Kier alpha value is -0.860. The molecule has 2 heteroatoms. The second-order valence-corrected chi connectivity index (χ2v) is 5.16. The second kappa shape index (κ2) is 4.19. The van der Waals surface area contributed by atoms with Crippen molar-refractivity contribution in [2.45, 2.75) is 50.7 Å². The van der Waals surface area contributed by atoms with Gasteiger partial charge in [-0.15, -0.1) is 0 Å². The third-order valence-corrected chi connectivity index (χ3v) is 3.73. The van der Waals surface area contributed by atoms with Gasteiger partial charge in [0.05, 0.1) is 6.10 Å². The largest absolute Gasteiger partial charge is 0.393 e. The van der Waals surface area contributed by atoms with Gasteiger partial charge < -0.3 is 10.8 Å².